The van der Waals surface area contributed by atoms with Crippen molar-refractivity contribution in [2.75, 3.05) is 7.05 Å². The molecule has 1 saturated carbocycles. The summed E-state index contributed by atoms with van der Waals surface area (Å²) in [7, 11) is 1.89. The van der Waals surface area contributed by atoms with Crippen molar-refractivity contribution in [3.8, 4) is 0 Å². The molecule has 0 aliphatic heterocycles. The number of hydrogen-bond acceptors (Lipinski definition) is 2. The third-order valence-electron chi connectivity index (χ3n) is 3.10. The molecule has 0 radical (unpaired) electrons. The number of hydrogen-bond donors (Lipinski definition) is 1. The second kappa shape index (κ2) is 5.38. The minimum atomic E-state index is 0.202. The molecule has 1 rings (SSSR count). The Hall–Kier alpha value is -0.370. The summed E-state index contributed by atoms with van der Waals surface area (Å²) in [6.45, 7) is 2.14. The molecule has 2 N–H and O–H groups in total. The summed E-state index contributed by atoms with van der Waals surface area (Å²) < 4.78 is 0. The lowest BCUT2D eigenvalue weighted by atomic mass is 9.83. The van der Waals surface area contributed by atoms with Crippen LogP contribution in [0.2, 0.25) is 0 Å². The molecule has 1 unspecified atom stereocenters. The van der Waals surface area contributed by atoms with Crippen LogP contribution in [0.3, 0.4) is 0 Å². The van der Waals surface area contributed by atoms with E-state index in [9.17, 15) is 0 Å². The molecule has 0 spiro atoms. The van der Waals surface area contributed by atoms with Crippen LogP contribution in [0, 0.1) is 5.92 Å². The number of rotatable bonds is 3. The van der Waals surface area contributed by atoms with Crippen molar-refractivity contribution in [2.24, 2.45) is 16.6 Å². The highest BCUT2D eigenvalue weighted by atomic mass is 14.8. The zero-order chi connectivity index (χ0) is 9.68. The Morgan fingerprint density at radius 2 is 2.00 bits per heavy atom. The van der Waals surface area contributed by atoms with Crippen molar-refractivity contribution in [1.82, 2.24) is 0 Å². The maximum atomic E-state index is 6.03. The van der Waals surface area contributed by atoms with E-state index in [0.29, 0.717) is 5.92 Å². The molecule has 0 aromatic carbocycles. The molecule has 1 aliphatic rings. The van der Waals surface area contributed by atoms with E-state index in [0.717, 1.165) is 6.42 Å². The third kappa shape index (κ3) is 2.80. The second-order valence-corrected chi connectivity index (χ2v) is 4.00. The fourth-order valence-electron chi connectivity index (χ4n) is 2.26. The Labute approximate surface area is 81.6 Å². The van der Waals surface area contributed by atoms with Gasteiger partial charge in [-0.2, -0.15) is 0 Å². The lowest BCUT2D eigenvalue weighted by Gasteiger charge is -2.26. The van der Waals surface area contributed by atoms with Crippen molar-refractivity contribution in [3.05, 3.63) is 0 Å². The topological polar surface area (TPSA) is 38.4 Å². The zero-order valence-electron chi connectivity index (χ0n) is 8.92. The normalized spacial score (nSPS) is 23.2. The van der Waals surface area contributed by atoms with Gasteiger partial charge in [-0.3, -0.25) is 4.99 Å². The minimum absolute atomic E-state index is 0.202. The molecule has 0 aromatic rings. The largest absolute Gasteiger partial charge is 0.323 e. The van der Waals surface area contributed by atoms with Crippen molar-refractivity contribution in [2.45, 2.75) is 51.5 Å². The molecule has 0 amide bonds. The molecule has 0 heterocycles. The Balaban J connectivity index is 2.54. The van der Waals surface area contributed by atoms with Gasteiger partial charge in [0.25, 0.3) is 0 Å². The average Bonchev–Trinajstić information content (AvgIpc) is 2.20. The van der Waals surface area contributed by atoms with Crippen LogP contribution in [0.25, 0.3) is 0 Å². The van der Waals surface area contributed by atoms with E-state index in [2.05, 4.69) is 11.9 Å². The zero-order valence-corrected chi connectivity index (χ0v) is 8.92. The SMILES string of the molecule is CCC(N)C(=NC)C1CCCCC1. The fraction of sp³-hybridized carbons (Fsp3) is 0.909. The standard InChI is InChI=1S/C11H22N2/c1-3-10(12)11(13-2)9-7-5-4-6-8-9/h9-10H,3-8,12H2,1-2H3. The molecule has 0 bridgehead atoms. The summed E-state index contributed by atoms with van der Waals surface area (Å²) in [5.74, 6) is 0.689. The van der Waals surface area contributed by atoms with Gasteiger partial charge in [0.15, 0.2) is 0 Å². The lowest BCUT2D eigenvalue weighted by molar-refractivity contribution is 0.431. The van der Waals surface area contributed by atoms with Crippen molar-refractivity contribution < 1.29 is 0 Å². The first-order chi connectivity index (χ1) is 6.29. The van der Waals surface area contributed by atoms with Gasteiger partial charge in [0, 0.05) is 18.8 Å². The fourth-order valence-corrected chi connectivity index (χ4v) is 2.26. The molecule has 76 valence electrons. The van der Waals surface area contributed by atoms with E-state index >= 15 is 0 Å². The smallest absolute Gasteiger partial charge is 0.0425 e. The van der Waals surface area contributed by atoms with Gasteiger partial charge in [-0.25, -0.2) is 0 Å². The maximum Gasteiger partial charge on any atom is 0.0425 e. The van der Waals surface area contributed by atoms with Crippen LogP contribution in [0.1, 0.15) is 45.4 Å². The van der Waals surface area contributed by atoms with E-state index in [1.807, 2.05) is 7.05 Å². The van der Waals surface area contributed by atoms with Gasteiger partial charge in [0.2, 0.25) is 0 Å². The number of nitrogens with zero attached hydrogens (tertiary/aromatic N) is 1. The van der Waals surface area contributed by atoms with Crippen molar-refractivity contribution in [3.63, 3.8) is 0 Å². The van der Waals surface area contributed by atoms with Gasteiger partial charge in [0.05, 0.1) is 0 Å². The Morgan fingerprint density at radius 3 is 2.46 bits per heavy atom. The molecule has 2 heteroatoms. The highest BCUT2D eigenvalue weighted by Crippen LogP contribution is 2.26. The molecule has 0 saturated heterocycles. The van der Waals surface area contributed by atoms with Gasteiger partial charge in [-0.15, -0.1) is 0 Å². The molecule has 2 nitrogen and oxygen atoms in total. The molecule has 13 heavy (non-hydrogen) atoms. The summed E-state index contributed by atoms with van der Waals surface area (Å²) in [6.07, 6.45) is 7.75. The predicted octanol–water partition coefficient (Wildman–Crippen LogP) is 2.37. The maximum absolute atomic E-state index is 6.03. The van der Waals surface area contributed by atoms with Gasteiger partial charge < -0.3 is 5.73 Å². The van der Waals surface area contributed by atoms with Gasteiger partial charge in [0.1, 0.15) is 0 Å². The Morgan fingerprint density at radius 1 is 1.38 bits per heavy atom. The highest BCUT2D eigenvalue weighted by molar-refractivity contribution is 5.91. The molecule has 1 aliphatic carbocycles. The van der Waals surface area contributed by atoms with Crippen LogP contribution in [0.4, 0.5) is 0 Å². The first-order valence-electron chi connectivity index (χ1n) is 5.51. The summed E-state index contributed by atoms with van der Waals surface area (Å²) in [5, 5.41) is 0. The Bertz CT molecular complexity index is 169. The van der Waals surface area contributed by atoms with E-state index in [-0.39, 0.29) is 6.04 Å². The van der Waals surface area contributed by atoms with Gasteiger partial charge in [-0.1, -0.05) is 26.2 Å². The van der Waals surface area contributed by atoms with Crippen molar-refractivity contribution in [1.29, 1.82) is 0 Å². The van der Waals surface area contributed by atoms with Gasteiger partial charge >= 0.3 is 0 Å². The number of nitrogens with two attached hydrogens (primary N) is 1. The monoisotopic (exact) mass is 182 g/mol. The highest BCUT2D eigenvalue weighted by Gasteiger charge is 2.22. The first-order valence-corrected chi connectivity index (χ1v) is 5.51. The van der Waals surface area contributed by atoms with Crippen molar-refractivity contribution >= 4 is 5.71 Å². The minimum Gasteiger partial charge on any atom is -0.323 e. The summed E-state index contributed by atoms with van der Waals surface area (Å²) in [4.78, 5) is 4.37. The van der Waals surface area contributed by atoms with Crippen LogP contribution in [-0.2, 0) is 0 Å². The quantitative estimate of drug-likeness (QED) is 0.669. The third-order valence-corrected chi connectivity index (χ3v) is 3.10. The average molecular weight is 182 g/mol. The van der Waals surface area contributed by atoms with Crippen LogP contribution in [0.15, 0.2) is 4.99 Å². The van der Waals surface area contributed by atoms with E-state index < -0.39 is 0 Å². The molecule has 1 fully saturated rings. The summed E-state index contributed by atoms with van der Waals surface area (Å²) >= 11 is 0. The molecule has 0 aromatic heterocycles. The van der Waals surface area contributed by atoms with Crippen LogP contribution in [0.5, 0.6) is 0 Å². The lowest BCUT2D eigenvalue weighted by Crippen LogP contribution is -2.36. The molecular formula is C11H22N2. The number of aliphatic imine (C=N–C) groups is 1. The first kappa shape index (κ1) is 10.7. The Kier molecular flexibility index (Phi) is 4.43. The van der Waals surface area contributed by atoms with E-state index in [1.165, 1.54) is 37.8 Å². The van der Waals surface area contributed by atoms with Crippen LogP contribution < -0.4 is 5.73 Å². The van der Waals surface area contributed by atoms with Crippen LogP contribution in [-0.4, -0.2) is 18.8 Å². The molecular weight excluding hydrogens is 160 g/mol. The van der Waals surface area contributed by atoms with Crippen LogP contribution >= 0.6 is 0 Å². The predicted molar refractivity (Wildman–Crippen MR) is 58.2 cm³/mol. The van der Waals surface area contributed by atoms with E-state index in [1.54, 1.807) is 0 Å². The molecule has 1 atom stereocenters. The van der Waals surface area contributed by atoms with Gasteiger partial charge in [-0.05, 0) is 25.2 Å². The second-order valence-electron chi connectivity index (χ2n) is 4.00. The summed E-state index contributed by atoms with van der Waals surface area (Å²) in [6, 6.07) is 0.202. The summed E-state index contributed by atoms with van der Waals surface area (Å²) in [5.41, 5.74) is 7.29. The van der Waals surface area contributed by atoms with E-state index in [4.69, 9.17) is 5.73 Å².